The summed E-state index contributed by atoms with van der Waals surface area (Å²) in [6, 6.07) is 2.31. The summed E-state index contributed by atoms with van der Waals surface area (Å²) in [4.78, 5) is 0. The van der Waals surface area contributed by atoms with Crippen LogP contribution in [-0.4, -0.2) is 42.9 Å². The van der Waals surface area contributed by atoms with Gasteiger partial charge < -0.3 is 19.3 Å². The van der Waals surface area contributed by atoms with Crippen LogP contribution in [0.3, 0.4) is 0 Å². The number of nitriles is 1. The molecule has 1 spiro atoms. The number of hydrogen-bond donors (Lipinski definition) is 1. The Balaban J connectivity index is 1.76. The third kappa shape index (κ3) is 1.68. The zero-order valence-electron chi connectivity index (χ0n) is 10.5. The molecule has 0 bridgehead atoms. The number of ether oxygens (including phenoxy) is 3. The van der Waals surface area contributed by atoms with Gasteiger partial charge in [0.15, 0.2) is 5.79 Å². The number of hydrogen-bond acceptors (Lipinski definition) is 5. The lowest BCUT2D eigenvalue weighted by Gasteiger charge is -2.46. The van der Waals surface area contributed by atoms with Crippen LogP contribution in [0.25, 0.3) is 0 Å². The summed E-state index contributed by atoms with van der Waals surface area (Å²) >= 11 is 0. The van der Waals surface area contributed by atoms with Gasteiger partial charge in [-0.15, -0.1) is 0 Å². The van der Waals surface area contributed by atoms with Crippen molar-refractivity contribution in [2.24, 2.45) is 5.41 Å². The highest BCUT2D eigenvalue weighted by Crippen LogP contribution is 2.50. The van der Waals surface area contributed by atoms with E-state index in [0.717, 1.165) is 0 Å². The molecular weight excluding hydrogens is 234 g/mol. The number of aliphatic hydroxyl groups is 1. The topological polar surface area (TPSA) is 71.7 Å². The van der Waals surface area contributed by atoms with Crippen LogP contribution in [0.4, 0.5) is 0 Å². The zero-order valence-corrected chi connectivity index (χ0v) is 10.5. The highest BCUT2D eigenvalue weighted by atomic mass is 16.7. The molecule has 0 aromatic rings. The summed E-state index contributed by atoms with van der Waals surface area (Å²) < 4.78 is 16.7. The Hall–Kier alpha value is -0.670. The summed E-state index contributed by atoms with van der Waals surface area (Å²) in [6.45, 7) is 2.17. The van der Waals surface area contributed by atoms with E-state index in [0.29, 0.717) is 58.5 Å². The fourth-order valence-corrected chi connectivity index (χ4v) is 3.43. The van der Waals surface area contributed by atoms with Gasteiger partial charge in [-0.3, -0.25) is 0 Å². The van der Waals surface area contributed by atoms with E-state index in [1.165, 1.54) is 0 Å². The van der Waals surface area contributed by atoms with E-state index in [1.807, 2.05) is 0 Å². The maximum atomic E-state index is 10.9. The minimum absolute atomic E-state index is 0.342. The first-order valence-electron chi connectivity index (χ1n) is 6.63. The molecular formula is C13H19NO4. The molecule has 0 amide bonds. The number of nitrogens with zero attached hydrogens (tertiary/aromatic N) is 1. The minimum atomic E-state index is -0.960. The van der Waals surface area contributed by atoms with Crippen LogP contribution in [-0.2, 0) is 14.2 Å². The minimum Gasteiger partial charge on any atom is -0.388 e. The Morgan fingerprint density at radius 2 is 1.61 bits per heavy atom. The van der Waals surface area contributed by atoms with Crippen LogP contribution in [0.1, 0.15) is 32.1 Å². The molecule has 2 heterocycles. The van der Waals surface area contributed by atoms with Crippen molar-refractivity contribution in [2.45, 2.75) is 43.5 Å². The van der Waals surface area contributed by atoms with E-state index < -0.39 is 16.8 Å². The highest BCUT2D eigenvalue weighted by Gasteiger charge is 2.57. The molecule has 100 valence electrons. The Kier molecular flexibility index (Phi) is 2.87. The molecule has 0 aromatic heterocycles. The van der Waals surface area contributed by atoms with E-state index in [2.05, 4.69) is 6.07 Å². The molecule has 1 aliphatic carbocycles. The van der Waals surface area contributed by atoms with Gasteiger partial charge in [0.1, 0.15) is 5.41 Å². The zero-order chi connectivity index (χ0) is 12.7. The molecule has 1 atom stereocenters. The van der Waals surface area contributed by atoms with Crippen molar-refractivity contribution in [3.63, 3.8) is 0 Å². The fraction of sp³-hybridized carbons (Fsp3) is 0.923. The van der Waals surface area contributed by atoms with E-state index in [-0.39, 0.29) is 0 Å². The van der Waals surface area contributed by atoms with E-state index in [9.17, 15) is 10.4 Å². The molecule has 0 aromatic carbocycles. The summed E-state index contributed by atoms with van der Waals surface area (Å²) in [7, 11) is 0. The van der Waals surface area contributed by atoms with Crippen LogP contribution in [0.15, 0.2) is 0 Å². The molecule has 3 rings (SSSR count). The lowest BCUT2D eigenvalue weighted by Crippen LogP contribution is -2.53. The molecule has 1 unspecified atom stereocenters. The van der Waals surface area contributed by atoms with Gasteiger partial charge in [0.25, 0.3) is 0 Å². The monoisotopic (exact) mass is 253 g/mol. The lowest BCUT2D eigenvalue weighted by atomic mass is 9.64. The van der Waals surface area contributed by atoms with Crippen LogP contribution in [0.5, 0.6) is 0 Å². The molecule has 1 saturated carbocycles. The van der Waals surface area contributed by atoms with Crippen molar-refractivity contribution in [1.82, 2.24) is 0 Å². The largest absolute Gasteiger partial charge is 0.388 e. The Labute approximate surface area is 107 Å². The quantitative estimate of drug-likeness (QED) is 0.753. The van der Waals surface area contributed by atoms with E-state index in [1.54, 1.807) is 0 Å². The molecule has 18 heavy (non-hydrogen) atoms. The van der Waals surface area contributed by atoms with Crippen molar-refractivity contribution >= 4 is 0 Å². The third-order valence-electron chi connectivity index (χ3n) is 4.78. The van der Waals surface area contributed by atoms with Crippen LogP contribution < -0.4 is 0 Å². The maximum Gasteiger partial charge on any atom is 0.168 e. The van der Waals surface area contributed by atoms with Gasteiger partial charge in [-0.05, 0) is 19.3 Å². The first-order chi connectivity index (χ1) is 8.64. The average molecular weight is 253 g/mol. The Bertz CT molecular complexity index is 354. The summed E-state index contributed by atoms with van der Waals surface area (Å²) in [5.74, 6) is -0.498. The molecule has 3 aliphatic rings. The smallest absolute Gasteiger partial charge is 0.168 e. The van der Waals surface area contributed by atoms with Gasteiger partial charge in [0.2, 0.25) is 0 Å². The van der Waals surface area contributed by atoms with Gasteiger partial charge in [-0.2, -0.15) is 5.26 Å². The summed E-state index contributed by atoms with van der Waals surface area (Å²) in [5, 5.41) is 20.3. The van der Waals surface area contributed by atoms with Crippen molar-refractivity contribution in [3.05, 3.63) is 0 Å². The molecule has 5 heteroatoms. The second-order valence-electron chi connectivity index (χ2n) is 5.64. The van der Waals surface area contributed by atoms with Crippen molar-refractivity contribution in [3.8, 4) is 6.07 Å². The van der Waals surface area contributed by atoms with Crippen LogP contribution in [0.2, 0.25) is 0 Å². The van der Waals surface area contributed by atoms with Crippen LogP contribution in [0, 0.1) is 16.7 Å². The van der Waals surface area contributed by atoms with Crippen LogP contribution >= 0.6 is 0 Å². The van der Waals surface area contributed by atoms with Gasteiger partial charge in [0.05, 0.1) is 31.5 Å². The summed E-state index contributed by atoms with van der Waals surface area (Å²) in [6.07, 6.45) is 3.03. The number of rotatable bonds is 1. The average Bonchev–Trinajstić information content (AvgIpc) is 3.04. The Morgan fingerprint density at radius 3 is 2.11 bits per heavy atom. The first-order valence-corrected chi connectivity index (χ1v) is 6.63. The molecule has 3 fully saturated rings. The molecule has 2 saturated heterocycles. The van der Waals surface area contributed by atoms with Gasteiger partial charge >= 0.3 is 0 Å². The molecule has 2 aliphatic heterocycles. The van der Waals surface area contributed by atoms with Crippen molar-refractivity contribution in [2.75, 3.05) is 26.4 Å². The van der Waals surface area contributed by atoms with Gasteiger partial charge in [0, 0.05) is 19.4 Å². The van der Waals surface area contributed by atoms with Crippen molar-refractivity contribution in [1.29, 1.82) is 5.26 Å². The second kappa shape index (κ2) is 4.17. The first kappa shape index (κ1) is 12.4. The van der Waals surface area contributed by atoms with E-state index in [4.69, 9.17) is 14.2 Å². The SMILES string of the molecule is N#CC1(C2(O)CCC3(CC2)OCCO3)CCOC1. The Morgan fingerprint density at radius 1 is 0.944 bits per heavy atom. The normalized spacial score (nSPS) is 37.8. The molecule has 1 N–H and O–H groups in total. The maximum absolute atomic E-state index is 10.9. The second-order valence-corrected chi connectivity index (χ2v) is 5.64. The standard InChI is InChI=1S/C13H19NO4/c14-9-11(5-6-16-10-11)12(15)1-3-13(4-2-12)17-7-8-18-13/h15H,1-8,10H2. The van der Waals surface area contributed by atoms with Gasteiger partial charge in [-0.1, -0.05) is 0 Å². The predicted molar refractivity (Wildman–Crippen MR) is 61.5 cm³/mol. The fourth-order valence-electron chi connectivity index (χ4n) is 3.43. The lowest BCUT2D eigenvalue weighted by molar-refractivity contribution is -0.216. The highest BCUT2D eigenvalue weighted by molar-refractivity contribution is 5.15. The summed E-state index contributed by atoms with van der Waals surface area (Å²) in [5.41, 5.74) is -1.70. The third-order valence-corrected chi connectivity index (χ3v) is 4.78. The van der Waals surface area contributed by atoms with Gasteiger partial charge in [-0.25, -0.2) is 0 Å². The van der Waals surface area contributed by atoms with Crippen molar-refractivity contribution < 1.29 is 19.3 Å². The molecule has 5 nitrogen and oxygen atoms in total. The molecule has 0 radical (unpaired) electrons. The van der Waals surface area contributed by atoms with E-state index >= 15 is 0 Å². The predicted octanol–water partition coefficient (Wildman–Crippen LogP) is 0.965.